The van der Waals surface area contributed by atoms with Crippen LogP contribution in [0.2, 0.25) is 0 Å². The van der Waals surface area contributed by atoms with E-state index in [0.29, 0.717) is 12.5 Å². The lowest BCUT2D eigenvalue weighted by molar-refractivity contribution is -0.121. The highest BCUT2D eigenvalue weighted by Gasteiger charge is 2.21. The van der Waals surface area contributed by atoms with Crippen LogP contribution in [-0.4, -0.2) is 50.1 Å². The fourth-order valence-corrected chi connectivity index (χ4v) is 2.20. The van der Waals surface area contributed by atoms with E-state index in [1.165, 1.54) is 13.5 Å². The minimum absolute atomic E-state index is 0. The summed E-state index contributed by atoms with van der Waals surface area (Å²) in [7, 11) is 1.49. The number of nitrogens with zero attached hydrogens (tertiary/aromatic N) is 1. The molecule has 18 heavy (non-hydrogen) atoms. The van der Waals surface area contributed by atoms with Crippen molar-refractivity contribution >= 4 is 24.3 Å². The van der Waals surface area contributed by atoms with Crippen molar-refractivity contribution in [2.75, 3.05) is 33.2 Å². The number of likely N-dealkylation sites (tertiary alicyclic amines) is 1. The monoisotopic (exact) mass is 278 g/mol. The van der Waals surface area contributed by atoms with E-state index in [0.717, 1.165) is 25.9 Å². The average Bonchev–Trinajstić information content (AvgIpc) is 2.29. The third-order valence-electron chi connectivity index (χ3n) is 3.03. The number of nitrogens with two attached hydrogens (primary N) is 1. The average molecular weight is 279 g/mol. The van der Waals surface area contributed by atoms with Gasteiger partial charge in [0.2, 0.25) is 5.91 Å². The third kappa shape index (κ3) is 6.18. The summed E-state index contributed by atoms with van der Waals surface area (Å²) in [5.74, 6) is 0.333. The summed E-state index contributed by atoms with van der Waals surface area (Å²) in [5.41, 5.74) is 5.54. The van der Waals surface area contributed by atoms with Crippen molar-refractivity contribution < 1.29 is 9.59 Å². The summed E-state index contributed by atoms with van der Waals surface area (Å²) >= 11 is 0. The maximum Gasteiger partial charge on any atom is 0.321 e. The fraction of sp³-hybridized carbons (Fsp3) is 0.818. The van der Waals surface area contributed by atoms with Crippen LogP contribution in [0.4, 0.5) is 4.79 Å². The first-order valence-corrected chi connectivity index (χ1v) is 6.09. The van der Waals surface area contributed by atoms with E-state index in [1.807, 2.05) is 0 Å². The number of amides is 3. The molecule has 1 fully saturated rings. The molecular weight excluding hydrogens is 256 g/mol. The van der Waals surface area contributed by atoms with Gasteiger partial charge in [-0.2, -0.15) is 0 Å². The Bertz CT molecular complexity index is 274. The third-order valence-corrected chi connectivity index (χ3v) is 3.03. The largest absolute Gasteiger partial charge is 0.341 e. The standard InChI is InChI=1S/C11H22N4O2.ClH/c1-13-11(17)14-10(16)8-15-6-2-3-9(7-15)4-5-12;/h9H,2-8,12H2,1H3,(H2,13,14,16,17);1H. The van der Waals surface area contributed by atoms with Crippen molar-refractivity contribution in [2.45, 2.75) is 19.3 Å². The predicted molar refractivity (Wildman–Crippen MR) is 72.7 cm³/mol. The fourth-order valence-electron chi connectivity index (χ4n) is 2.20. The van der Waals surface area contributed by atoms with E-state index in [9.17, 15) is 9.59 Å². The van der Waals surface area contributed by atoms with Gasteiger partial charge in [-0.3, -0.25) is 15.0 Å². The van der Waals surface area contributed by atoms with Gasteiger partial charge in [-0.05, 0) is 38.3 Å². The highest BCUT2D eigenvalue weighted by molar-refractivity contribution is 5.95. The second-order valence-corrected chi connectivity index (χ2v) is 4.45. The molecule has 0 aliphatic carbocycles. The Labute approximate surface area is 114 Å². The molecule has 0 aromatic rings. The van der Waals surface area contributed by atoms with Gasteiger partial charge in [0.05, 0.1) is 6.54 Å². The minimum atomic E-state index is -0.453. The van der Waals surface area contributed by atoms with Crippen molar-refractivity contribution in [3.63, 3.8) is 0 Å². The minimum Gasteiger partial charge on any atom is -0.341 e. The lowest BCUT2D eigenvalue weighted by Gasteiger charge is -2.31. The quantitative estimate of drug-likeness (QED) is 0.671. The Morgan fingerprint density at radius 3 is 2.78 bits per heavy atom. The molecule has 0 bridgehead atoms. The Morgan fingerprint density at radius 1 is 1.44 bits per heavy atom. The Morgan fingerprint density at radius 2 is 2.17 bits per heavy atom. The molecule has 0 saturated carbocycles. The molecule has 106 valence electrons. The molecule has 0 aromatic heterocycles. The Kier molecular flexibility index (Phi) is 8.70. The van der Waals surface area contributed by atoms with Crippen LogP contribution < -0.4 is 16.4 Å². The van der Waals surface area contributed by atoms with Crippen LogP contribution in [0.3, 0.4) is 0 Å². The van der Waals surface area contributed by atoms with E-state index in [1.54, 1.807) is 0 Å². The first-order valence-electron chi connectivity index (χ1n) is 6.09. The summed E-state index contributed by atoms with van der Waals surface area (Å²) in [6.07, 6.45) is 3.29. The van der Waals surface area contributed by atoms with Crippen LogP contribution in [0, 0.1) is 5.92 Å². The summed E-state index contributed by atoms with van der Waals surface area (Å²) in [6.45, 7) is 2.80. The molecule has 1 unspecified atom stereocenters. The number of halogens is 1. The first-order chi connectivity index (χ1) is 8.15. The molecule has 4 N–H and O–H groups in total. The number of hydrogen-bond donors (Lipinski definition) is 3. The molecule has 7 heteroatoms. The maximum absolute atomic E-state index is 11.5. The van der Waals surface area contributed by atoms with E-state index in [2.05, 4.69) is 15.5 Å². The van der Waals surface area contributed by atoms with Gasteiger partial charge in [-0.25, -0.2) is 4.79 Å². The highest BCUT2D eigenvalue weighted by Crippen LogP contribution is 2.18. The first kappa shape index (κ1) is 17.2. The normalized spacial score (nSPS) is 19.8. The smallest absolute Gasteiger partial charge is 0.321 e. The molecular formula is C11H23ClN4O2. The van der Waals surface area contributed by atoms with Crippen LogP contribution >= 0.6 is 12.4 Å². The number of imide groups is 1. The number of piperidine rings is 1. The van der Waals surface area contributed by atoms with E-state index >= 15 is 0 Å². The molecule has 1 rings (SSSR count). The predicted octanol–water partition coefficient (Wildman–Crippen LogP) is -0.0754. The number of hydrogen-bond acceptors (Lipinski definition) is 4. The Balaban J connectivity index is 0.00000289. The zero-order chi connectivity index (χ0) is 12.7. The maximum atomic E-state index is 11.5. The summed E-state index contributed by atoms with van der Waals surface area (Å²) in [5, 5.41) is 4.62. The van der Waals surface area contributed by atoms with E-state index in [-0.39, 0.29) is 24.9 Å². The van der Waals surface area contributed by atoms with Crippen LogP contribution in [0.1, 0.15) is 19.3 Å². The summed E-state index contributed by atoms with van der Waals surface area (Å²) in [6, 6.07) is -0.453. The van der Waals surface area contributed by atoms with Gasteiger partial charge in [0.25, 0.3) is 0 Å². The molecule has 1 aliphatic heterocycles. The van der Waals surface area contributed by atoms with Crippen LogP contribution in [0.25, 0.3) is 0 Å². The second kappa shape index (κ2) is 9.13. The molecule has 1 saturated heterocycles. The number of rotatable bonds is 4. The van der Waals surface area contributed by atoms with Crippen LogP contribution in [-0.2, 0) is 4.79 Å². The zero-order valence-corrected chi connectivity index (χ0v) is 11.6. The van der Waals surface area contributed by atoms with Crippen LogP contribution in [0.15, 0.2) is 0 Å². The van der Waals surface area contributed by atoms with Gasteiger partial charge in [-0.15, -0.1) is 12.4 Å². The lowest BCUT2D eigenvalue weighted by atomic mass is 9.95. The van der Waals surface area contributed by atoms with Gasteiger partial charge in [0.15, 0.2) is 0 Å². The van der Waals surface area contributed by atoms with Gasteiger partial charge < -0.3 is 11.1 Å². The van der Waals surface area contributed by atoms with Gasteiger partial charge in [-0.1, -0.05) is 0 Å². The van der Waals surface area contributed by atoms with Crippen molar-refractivity contribution in [1.29, 1.82) is 0 Å². The highest BCUT2D eigenvalue weighted by atomic mass is 35.5. The molecule has 3 amide bonds. The number of nitrogens with one attached hydrogen (secondary N) is 2. The van der Waals surface area contributed by atoms with Crippen LogP contribution in [0.5, 0.6) is 0 Å². The molecule has 0 spiro atoms. The van der Waals surface area contributed by atoms with Crippen molar-refractivity contribution in [3.8, 4) is 0 Å². The van der Waals surface area contributed by atoms with Gasteiger partial charge in [0.1, 0.15) is 0 Å². The molecule has 6 nitrogen and oxygen atoms in total. The SMILES string of the molecule is CNC(=O)NC(=O)CN1CCCC(CCN)C1.Cl. The zero-order valence-electron chi connectivity index (χ0n) is 10.8. The van der Waals surface area contributed by atoms with Crippen molar-refractivity contribution in [2.24, 2.45) is 11.7 Å². The molecule has 1 atom stereocenters. The van der Waals surface area contributed by atoms with Crippen molar-refractivity contribution in [1.82, 2.24) is 15.5 Å². The lowest BCUT2D eigenvalue weighted by Crippen LogP contribution is -2.46. The summed E-state index contributed by atoms with van der Waals surface area (Å²) in [4.78, 5) is 24.5. The van der Waals surface area contributed by atoms with Gasteiger partial charge >= 0.3 is 6.03 Å². The topological polar surface area (TPSA) is 87.5 Å². The van der Waals surface area contributed by atoms with Crippen molar-refractivity contribution in [3.05, 3.63) is 0 Å². The molecule has 0 radical (unpaired) electrons. The molecule has 0 aromatic carbocycles. The van der Waals surface area contributed by atoms with E-state index in [4.69, 9.17) is 5.73 Å². The number of carbonyl (C=O) groups is 2. The number of urea groups is 1. The van der Waals surface area contributed by atoms with E-state index < -0.39 is 6.03 Å². The molecule has 1 heterocycles. The molecule has 1 aliphatic rings. The summed E-state index contributed by atoms with van der Waals surface area (Å²) < 4.78 is 0. The Hall–Kier alpha value is -0.850. The second-order valence-electron chi connectivity index (χ2n) is 4.45. The number of carbonyl (C=O) groups excluding carboxylic acids is 2. The van der Waals surface area contributed by atoms with Gasteiger partial charge in [0, 0.05) is 13.6 Å².